The summed E-state index contributed by atoms with van der Waals surface area (Å²) >= 11 is 11.5. The van der Waals surface area contributed by atoms with Gasteiger partial charge < -0.3 is 0 Å². The first-order chi connectivity index (χ1) is 7.63. The van der Waals surface area contributed by atoms with Crippen LogP contribution in [0, 0.1) is 12.7 Å². The van der Waals surface area contributed by atoms with Crippen molar-refractivity contribution in [2.75, 3.05) is 0 Å². The molecule has 2 nitrogen and oxygen atoms in total. The molecule has 0 aliphatic heterocycles. The SMILES string of the molecule is Cc1c(CCl)cnn1-c1ccc(F)c(Cl)c1. The van der Waals surface area contributed by atoms with E-state index in [-0.39, 0.29) is 5.02 Å². The third kappa shape index (κ3) is 1.93. The van der Waals surface area contributed by atoms with Gasteiger partial charge in [0.2, 0.25) is 0 Å². The van der Waals surface area contributed by atoms with Crippen LogP contribution in [0.1, 0.15) is 11.3 Å². The summed E-state index contributed by atoms with van der Waals surface area (Å²) in [6.45, 7) is 1.90. The highest BCUT2D eigenvalue weighted by molar-refractivity contribution is 6.30. The molecule has 0 amide bonds. The molecule has 0 radical (unpaired) electrons. The molecule has 5 heteroatoms. The number of benzene rings is 1. The molecule has 2 rings (SSSR count). The van der Waals surface area contributed by atoms with Crippen LogP contribution in [0.4, 0.5) is 4.39 Å². The zero-order valence-electron chi connectivity index (χ0n) is 8.54. The van der Waals surface area contributed by atoms with Gasteiger partial charge in [-0.2, -0.15) is 5.10 Å². The maximum Gasteiger partial charge on any atom is 0.141 e. The molecule has 1 heterocycles. The molecule has 0 aliphatic carbocycles. The van der Waals surface area contributed by atoms with Crippen LogP contribution in [0.3, 0.4) is 0 Å². The lowest BCUT2D eigenvalue weighted by Gasteiger charge is -2.05. The topological polar surface area (TPSA) is 17.8 Å². The van der Waals surface area contributed by atoms with Crippen molar-refractivity contribution in [2.45, 2.75) is 12.8 Å². The van der Waals surface area contributed by atoms with Gasteiger partial charge in [-0.3, -0.25) is 0 Å². The molecule has 0 bridgehead atoms. The fourth-order valence-corrected chi connectivity index (χ4v) is 1.89. The molecule has 0 atom stereocenters. The molecule has 16 heavy (non-hydrogen) atoms. The highest BCUT2D eigenvalue weighted by atomic mass is 35.5. The average Bonchev–Trinajstić information content (AvgIpc) is 2.64. The minimum Gasteiger partial charge on any atom is -0.238 e. The quantitative estimate of drug-likeness (QED) is 0.751. The fourth-order valence-electron chi connectivity index (χ4n) is 1.45. The third-order valence-electron chi connectivity index (χ3n) is 2.40. The van der Waals surface area contributed by atoms with Crippen LogP contribution in [-0.2, 0) is 5.88 Å². The van der Waals surface area contributed by atoms with Crippen molar-refractivity contribution in [3.63, 3.8) is 0 Å². The Labute approximate surface area is 103 Å². The van der Waals surface area contributed by atoms with Crippen LogP contribution in [0.2, 0.25) is 5.02 Å². The van der Waals surface area contributed by atoms with E-state index >= 15 is 0 Å². The lowest BCUT2D eigenvalue weighted by molar-refractivity contribution is 0.627. The van der Waals surface area contributed by atoms with Gasteiger partial charge in [-0.05, 0) is 25.1 Å². The van der Waals surface area contributed by atoms with Crippen LogP contribution in [0.5, 0.6) is 0 Å². The average molecular weight is 259 g/mol. The summed E-state index contributed by atoms with van der Waals surface area (Å²) in [5, 5.41) is 4.26. The van der Waals surface area contributed by atoms with E-state index in [1.807, 2.05) is 6.92 Å². The van der Waals surface area contributed by atoms with Gasteiger partial charge in [0.15, 0.2) is 0 Å². The summed E-state index contributed by atoms with van der Waals surface area (Å²) in [6, 6.07) is 4.48. The number of alkyl halides is 1. The van der Waals surface area contributed by atoms with Crippen molar-refractivity contribution in [1.82, 2.24) is 9.78 Å². The molecule has 0 saturated heterocycles. The minimum absolute atomic E-state index is 0.0832. The third-order valence-corrected chi connectivity index (χ3v) is 2.98. The molecule has 0 spiro atoms. The largest absolute Gasteiger partial charge is 0.238 e. The van der Waals surface area contributed by atoms with E-state index in [4.69, 9.17) is 23.2 Å². The highest BCUT2D eigenvalue weighted by Crippen LogP contribution is 2.21. The number of nitrogens with zero attached hydrogens (tertiary/aromatic N) is 2. The van der Waals surface area contributed by atoms with Gasteiger partial charge in [-0.15, -0.1) is 11.6 Å². The van der Waals surface area contributed by atoms with Crippen LogP contribution >= 0.6 is 23.2 Å². The Kier molecular flexibility index (Phi) is 3.17. The zero-order chi connectivity index (χ0) is 11.7. The Morgan fingerprint density at radius 1 is 1.44 bits per heavy atom. The summed E-state index contributed by atoms with van der Waals surface area (Å²) in [5.41, 5.74) is 2.60. The lowest BCUT2D eigenvalue weighted by atomic mass is 10.2. The van der Waals surface area contributed by atoms with Gasteiger partial charge in [0.1, 0.15) is 5.82 Å². The minimum atomic E-state index is -0.437. The van der Waals surface area contributed by atoms with E-state index in [0.29, 0.717) is 5.88 Å². The van der Waals surface area contributed by atoms with E-state index in [2.05, 4.69) is 5.10 Å². The van der Waals surface area contributed by atoms with Crippen LogP contribution in [0.15, 0.2) is 24.4 Å². The van der Waals surface area contributed by atoms with E-state index < -0.39 is 5.82 Å². The first-order valence-electron chi connectivity index (χ1n) is 4.68. The van der Waals surface area contributed by atoms with Crippen LogP contribution in [-0.4, -0.2) is 9.78 Å². The second-order valence-corrected chi connectivity index (χ2v) is 4.07. The Hall–Kier alpha value is -1.06. The summed E-state index contributed by atoms with van der Waals surface area (Å²) in [7, 11) is 0. The normalized spacial score (nSPS) is 10.8. The molecule has 0 saturated carbocycles. The summed E-state index contributed by atoms with van der Waals surface area (Å²) in [5.74, 6) is -0.0337. The molecular weight excluding hydrogens is 250 g/mol. The van der Waals surface area contributed by atoms with Gasteiger partial charge in [0, 0.05) is 11.3 Å². The molecule has 84 valence electrons. The molecule has 0 N–H and O–H groups in total. The van der Waals surface area contributed by atoms with E-state index in [1.165, 1.54) is 12.1 Å². The van der Waals surface area contributed by atoms with Crippen molar-refractivity contribution in [3.05, 3.63) is 46.5 Å². The molecule has 0 unspecified atom stereocenters. The molecule has 0 fully saturated rings. The van der Waals surface area contributed by atoms with Crippen LogP contribution in [0.25, 0.3) is 5.69 Å². The lowest BCUT2D eigenvalue weighted by Crippen LogP contribution is -1.99. The number of aromatic nitrogens is 2. The highest BCUT2D eigenvalue weighted by Gasteiger charge is 2.08. The second kappa shape index (κ2) is 4.44. The number of hydrogen-bond acceptors (Lipinski definition) is 1. The maximum absolute atomic E-state index is 13.0. The standard InChI is InChI=1S/C11H9Cl2FN2/c1-7-8(5-12)6-15-16(7)9-2-3-11(14)10(13)4-9/h2-4,6H,5H2,1H3. The summed E-state index contributed by atoms with van der Waals surface area (Å²) < 4.78 is 14.7. The van der Waals surface area contributed by atoms with E-state index in [9.17, 15) is 4.39 Å². The molecule has 1 aromatic carbocycles. The van der Waals surface area contributed by atoms with Gasteiger partial charge in [0.05, 0.1) is 22.8 Å². The molecule has 0 aliphatic rings. The Bertz CT molecular complexity index is 523. The molecule has 2 aromatic rings. The van der Waals surface area contributed by atoms with Crippen molar-refractivity contribution < 1.29 is 4.39 Å². The smallest absolute Gasteiger partial charge is 0.141 e. The number of halogens is 3. The van der Waals surface area contributed by atoms with Crippen molar-refractivity contribution in [2.24, 2.45) is 0 Å². The van der Waals surface area contributed by atoms with Gasteiger partial charge >= 0.3 is 0 Å². The van der Waals surface area contributed by atoms with Gasteiger partial charge in [-0.25, -0.2) is 9.07 Å². The van der Waals surface area contributed by atoms with Crippen molar-refractivity contribution >= 4 is 23.2 Å². The zero-order valence-corrected chi connectivity index (χ0v) is 10.1. The van der Waals surface area contributed by atoms with Crippen molar-refractivity contribution in [1.29, 1.82) is 0 Å². The Balaban J connectivity index is 2.50. The number of hydrogen-bond donors (Lipinski definition) is 0. The van der Waals surface area contributed by atoms with E-state index in [1.54, 1.807) is 16.9 Å². The monoisotopic (exact) mass is 258 g/mol. The van der Waals surface area contributed by atoms with Crippen LogP contribution < -0.4 is 0 Å². The van der Waals surface area contributed by atoms with E-state index in [0.717, 1.165) is 16.9 Å². The van der Waals surface area contributed by atoms with Gasteiger partial charge in [0.25, 0.3) is 0 Å². The van der Waals surface area contributed by atoms with Crippen molar-refractivity contribution in [3.8, 4) is 5.69 Å². The molecule has 1 aromatic heterocycles. The fraction of sp³-hybridized carbons (Fsp3) is 0.182. The first-order valence-corrected chi connectivity index (χ1v) is 5.59. The summed E-state index contributed by atoms with van der Waals surface area (Å²) in [6.07, 6.45) is 1.69. The predicted molar refractivity (Wildman–Crippen MR) is 62.8 cm³/mol. The second-order valence-electron chi connectivity index (χ2n) is 3.40. The maximum atomic E-state index is 13.0. The molecular formula is C11H9Cl2FN2. The predicted octanol–water partition coefficient (Wildman–Crippen LogP) is 3.71. The Morgan fingerprint density at radius 2 is 2.19 bits per heavy atom. The number of rotatable bonds is 2. The summed E-state index contributed by atoms with van der Waals surface area (Å²) in [4.78, 5) is 0. The first kappa shape index (κ1) is 11.4. The Morgan fingerprint density at radius 3 is 2.75 bits per heavy atom. The van der Waals surface area contributed by atoms with Gasteiger partial charge in [-0.1, -0.05) is 11.6 Å².